The van der Waals surface area contributed by atoms with Gasteiger partial charge in [-0.25, -0.2) is 0 Å². The van der Waals surface area contributed by atoms with Crippen molar-refractivity contribution in [3.8, 4) is 0 Å². The maximum atomic E-state index is 6.16. The van der Waals surface area contributed by atoms with E-state index >= 15 is 0 Å². The van der Waals surface area contributed by atoms with E-state index in [1.807, 2.05) is 18.2 Å². The van der Waals surface area contributed by atoms with Crippen LogP contribution >= 0.6 is 27.5 Å². The number of benzene rings is 1. The van der Waals surface area contributed by atoms with E-state index < -0.39 is 0 Å². The fourth-order valence-electron chi connectivity index (χ4n) is 1.82. The van der Waals surface area contributed by atoms with Crippen LogP contribution in [0.4, 0.5) is 5.69 Å². The van der Waals surface area contributed by atoms with E-state index in [1.165, 1.54) is 32.1 Å². The van der Waals surface area contributed by atoms with Crippen LogP contribution in [0, 0.1) is 0 Å². The first-order valence-electron chi connectivity index (χ1n) is 6.35. The van der Waals surface area contributed by atoms with Gasteiger partial charge in [0.15, 0.2) is 0 Å². The van der Waals surface area contributed by atoms with E-state index in [4.69, 9.17) is 11.6 Å². The molecule has 1 nitrogen and oxygen atoms in total. The molecular formula is C14H21BrClN. The van der Waals surface area contributed by atoms with Gasteiger partial charge < -0.3 is 5.32 Å². The van der Waals surface area contributed by atoms with Crippen molar-refractivity contribution in [3.05, 3.63) is 27.7 Å². The van der Waals surface area contributed by atoms with Gasteiger partial charge in [-0.2, -0.15) is 0 Å². The highest BCUT2D eigenvalue weighted by Crippen LogP contribution is 2.26. The van der Waals surface area contributed by atoms with E-state index in [2.05, 4.69) is 35.1 Å². The third kappa shape index (κ3) is 5.78. The van der Waals surface area contributed by atoms with Crippen molar-refractivity contribution in [2.45, 2.75) is 52.0 Å². The van der Waals surface area contributed by atoms with Gasteiger partial charge in [-0.05, 0) is 31.5 Å². The summed E-state index contributed by atoms with van der Waals surface area (Å²) in [7, 11) is 0. The van der Waals surface area contributed by atoms with Gasteiger partial charge in [0.25, 0.3) is 0 Å². The second-order valence-electron chi connectivity index (χ2n) is 4.52. The lowest BCUT2D eigenvalue weighted by molar-refractivity contribution is 0.594. The Hall–Kier alpha value is -0.210. The van der Waals surface area contributed by atoms with Crippen molar-refractivity contribution in [1.29, 1.82) is 0 Å². The number of nitrogens with one attached hydrogen (secondary N) is 1. The lowest BCUT2D eigenvalue weighted by Crippen LogP contribution is -2.15. The Balaban J connectivity index is 2.37. The van der Waals surface area contributed by atoms with Gasteiger partial charge in [-0.3, -0.25) is 0 Å². The second kappa shape index (κ2) is 7.99. The van der Waals surface area contributed by atoms with Crippen molar-refractivity contribution >= 4 is 33.2 Å². The first-order valence-corrected chi connectivity index (χ1v) is 7.52. The molecule has 1 aromatic rings. The molecule has 3 heteroatoms. The number of rotatable bonds is 7. The third-order valence-corrected chi connectivity index (χ3v) is 3.63. The molecule has 0 bridgehead atoms. The quantitative estimate of drug-likeness (QED) is 0.620. The molecule has 1 N–H and O–H groups in total. The van der Waals surface area contributed by atoms with Crippen LogP contribution in [-0.2, 0) is 0 Å². The van der Waals surface area contributed by atoms with Gasteiger partial charge in [0.2, 0.25) is 0 Å². The molecular weight excluding hydrogens is 298 g/mol. The van der Waals surface area contributed by atoms with Gasteiger partial charge in [0.1, 0.15) is 0 Å². The average Bonchev–Trinajstić information content (AvgIpc) is 2.28. The van der Waals surface area contributed by atoms with Gasteiger partial charge in [0.05, 0.1) is 10.7 Å². The molecule has 0 aliphatic carbocycles. The summed E-state index contributed by atoms with van der Waals surface area (Å²) in [6.07, 6.45) is 6.45. The minimum absolute atomic E-state index is 0.477. The van der Waals surface area contributed by atoms with Gasteiger partial charge >= 0.3 is 0 Å². The minimum Gasteiger partial charge on any atom is -0.381 e. The molecule has 1 atom stereocenters. The summed E-state index contributed by atoms with van der Waals surface area (Å²) in [5, 5.41) is 4.24. The smallest absolute Gasteiger partial charge is 0.0648 e. The molecule has 17 heavy (non-hydrogen) atoms. The van der Waals surface area contributed by atoms with Crippen LogP contribution in [0.5, 0.6) is 0 Å². The molecule has 1 unspecified atom stereocenters. The molecule has 0 aromatic heterocycles. The summed E-state index contributed by atoms with van der Waals surface area (Å²) in [6.45, 7) is 4.45. The Morgan fingerprint density at radius 3 is 2.71 bits per heavy atom. The van der Waals surface area contributed by atoms with Crippen LogP contribution in [0.2, 0.25) is 5.02 Å². The van der Waals surface area contributed by atoms with Crippen molar-refractivity contribution in [3.63, 3.8) is 0 Å². The number of anilines is 1. The summed E-state index contributed by atoms with van der Waals surface area (Å²) in [5.41, 5.74) is 1.03. The highest BCUT2D eigenvalue weighted by molar-refractivity contribution is 9.10. The zero-order chi connectivity index (χ0) is 12.7. The highest BCUT2D eigenvalue weighted by Gasteiger charge is 2.05. The molecule has 0 heterocycles. The Morgan fingerprint density at radius 1 is 1.29 bits per heavy atom. The molecule has 96 valence electrons. The maximum Gasteiger partial charge on any atom is 0.0648 e. The van der Waals surface area contributed by atoms with Crippen molar-refractivity contribution < 1.29 is 0 Å². The fraction of sp³-hybridized carbons (Fsp3) is 0.571. The lowest BCUT2D eigenvalue weighted by atomic mass is 10.1. The van der Waals surface area contributed by atoms with E-state index in [9.17, 15) is 0 Å². The van der Waals surface area contributed by atoms with Crippen molar-refractivity contribution in [2.24, 2.45) is 0 Å². The zero-order valence-corrected chi connectivity index (χ0v) is 12.9. The highest BCUT2D eigenvalue weighted by atomic mass is 79.9. The Kier molecular flexibility index (Phi) is 6.98. The summed E-state index contributed by atoms with van der Waals surface area (Å²) in [5.74, 6) is 0. The first kappa shape index (κ1) is 14.8. The van der Waals surface area contributed by atoms with Gasteiger partial charge in [-0.15, -0.1) is 0 Å². The predicted octanol–water partition coefficient (Wildman–Crippen LogP) is 5.87. The molecule has 0 radical (unpaired) electrons. The molecule has 0 saturated heterocycles. The monoisotopic (exact) mass is 317 g/mol. The molecule has 0 aliphatic heterocycles. The molecule has 0 saturated carbocycles. The van der Waals surface area contributed by atoms with Crippen molar-refractivity contribution in [1.82, 2.24) is 0 Å². The normalized spacial score (nSPS) is 12.5. The summed E-state index contributed by atoms with van der Waals surface area (Å²) < 4.78 is 1.02. The summed E-state index contributed by atoms with van der Waals surface area (Å²) in [4.78, 5) is 0. The van der Waals surface area contributed by atoms with Gasteiger partial charge in [0, 0.05) is 10.5 Å². The van der Waals surface area contributed by atoms with Gasteiger partial charge in [-0.1, -0.05) is 60.1 Å². The first-order chi connectivity index (χ1) is 8.13. The molecule has 0 fully saturated rings. The lowest BCUT2D eigenvalue weighted by Gasteiger charge is -2.16. The fourth-order valence-corrected chi connectivity index (χ4v) is 2.55. The minimum atomic E-state index is 0.477. The summed E-state index contributed by atoms with van der Waals surface area (Å²) in [6, 6.07) is 6.44. The van der Waals surface area contributed by atoms with Crippen LogP contribution < -0.4 is 5.32 Å². The van der Waals surface area contributed by atoms with E-state index in [0.717, 1.165) is 15.2 Å². The summed E-state index contributed by atoms with van der Waals surface area (Å²) >= 11 is 9.57. The standard InChI is InChI=1S/C14H21BrClN/c1-3-4-5-6-7-11(2)17-14-9-8-12(15)10-13(14)16/h8-11,17H,3-7H2,1-2H3. The van der Waals surface area contributed by atoms with Crippen molar-refractivity contribution in [2.75, 3.05) is 5.32 Å². The van der Waals surface area contributed by atoms with Crippen LogP contribution in [0.3, 0.4) is 0 Å². The largest absolute Gasteiger partial charge is 0.381 e. The zero-order valence-electron chi connectivity index (χ0n) is 10.6. The number of hydrogen-bond acceptors (Lipinski definition) is 1. The average molecular weight is 319 g/mol. The van der Waals surface area contributed by atoms with Crippen LogP contribution in [0.15, 0.2) is 22.7 Å². The van der Waals surface area contributed by atoms with Crippen LogP contribution in [0.25, 0.3) is 0 Å². The maximum absolute atomic E-state index is 6.16. The van der Waals surface area contributed by atoms with Crippen LogP contribution in [0.1, 0.15) is 46.0 Å². The van der Waals surface area contributed by atoms with Crippen LogP contribution in [-0.4, -0.2) is 6.04 Å². The SMILES string of the molecule is CCCCCCC(C)Nc1ccc(Br)cc1Cl. The Morgan fingerprint density at radius 2 is 2.06 bits per heavy atom. The molecule has 1 rings (SSSR count). The predicted molar refractivity (Wildman–Crippen MR) is 81.0 cm³/mol. The Labute approximate surface area is 118 Å². The van der Waals surface area contributed by atoms with E-state index in [1.54, 1.807) is 0 Å². The number of hydrogen-bond donors (Lipinski definition) is 1. The number of unbranched alkanes of at least 4 members (excludes halogenated alkanes) is 3. The molecule has 0 amide bonds. The molecule has 0 aliphatic rings. The van der Waals surface area contributed by atoms with E-state index in [-0.39, 0.29) is 0 Å². The molecule has 1 aromatic carbocycles. The third-order valence-electron chi connectivity index (χ3n) is 2.82. The second-order valence-corrected chi connectivity index (χ2v) is 5.84. The Bertz CT molecular complexity index is 341. The topological polar surface area (TPSA) is 12.0 Å². The molecule has 0 spiro atoms. The van der Waals surface area contributed by atoms with E-state index in [0.29, 0.717) is 6.04 Å². The number of halogens is 2.